The molecule has 0 unspecified atom stereocenters. The third kappa shape index (κ3) is 10.4. The predicted octanol–water partition coefficient (Wildman–Crippen LogP) is 0.380. The Morgan fingerprint density at radius 1 is 0.909 bits per heavy atom. The molecule has 2 nitrogen and oxygen atoms in total. The molecule has 4 heteroatoms. The van der Waals surface area contributed by atoms with E-state index in [4.69, 9.17) is 8.85 Å². The lowest BCUT2D eigenvalue weighted by molar-refractivity contribution is 0.248. The summed E-state index contributed by atoms with van der Waals surface area (Å²) in [6.07, 6.45) is 0.851. The molecule has 0 fully saturated rings. The minimum atomic E-state index is -0.242. The van der Waals surface area contributed by atoms with E-state index in [0.717, 1.165) is 0 Å². The highest BCUT2D eigenvalue weighted by molar-refractivity contribution is 6.48. The van der Waals surface area contributed by atoms with Gasteiger partial charge in [-0.25, -0.2) is 0 Å². The maximum atomic E-state index is 5.52. The van der Waals surface area contributed by atoms with Crippen LogP contribution in [-0.2, 0) is 8.85 Å². The van der Waals surface area contributed by atoms with Crippen LogP contribution in [0.1, 0.15) is 27.7 Å². The van der Waals surface area contributed by atoms with Crippen molar-refractivity contribution < 1.29 is 8.85 Å². The molecule has 0 saturated heterocycles. The van der Waals surface area contributed by atoms with Crippen molar-refractivity contribution in [2.75, 3.05) is 0 Å². The van der Waals surface area contributed by atoms with Crippen LogP contribution in [0.5, 0.6) is 0 Å². The second-order valence-corrected chi connectivity index (χ2v) is 7.50. The maximum Gasteiger partial charge on any atom is 0.161 e. The number of hydrogen-bond acceptors (Lipinski definition) is 2. The molecule has 0 N–H and O–H groups in total. The molecule has 68 valence electrons. The van der Waals surface area contributed by atoms with Crippen LogP contribution in [0.2, 0.25) is 5.67 Å². The van der Waals surface area contributed by atoms with E-state index in [1.54, 1.807) is 0 Å². The first-order valence-electron chi connectivity index (χ1n) is 4.36. The molecule has 0 aliphatic rings. The number of hydrogen-bond donors (Lipinski definition) is 0. The molecule has 0 bridgehead atoms. The van der Waals surface area contributed by atoms with Crippen molar-refractivity contribution in [1.29, 1.82) is 0 Å². The smallest absolute Gasteiger partial charge is 0.161 e. The average molecular weight is 192 g/mol. The van der Waals surface area contributed by atoms with Gasteiger partial charge in [0.15, 0.2) is 19.5 Å². The fourth-order valence-electron chi connectivity index (χ4n) is 0.697. The Balaban J connectivity index is 2.91. The summed E-state index contributed by atoms with van der Waals surface area (Å²) in [7, 11) is -0.485. The van der Waals surface area contributed by atoms with Gasteiger partial charge in [0, 0.05) is 12.2 Å². The topological polar surface area (TPSA) is 18.5 Å². The number of rotatable bonds is 6. The predicted molar refractivity (Wildman–Crippen MR) is 54.3 cm³/mol. The molecule has 0 rings (SSSR count). The Kier molecular flexibility index (Phi) is 7.25. The van der Waals surface area contributed by atoms with E-state index in [1.807, 2.05) is 0 Å². The summed E-state index contributed by atoms with van der Waals surface area (Å²) in [6, 6.07) is 0. The van der Waals surface area contributed by atoms with Crippen LogP contribution in [-0.4, -0.2) is 31.7 Å². The maximum absolute atomic E-state index is 5.52. The zero-order valence-electron chi connectivity index (χ0n) is 8.09. The minimum absolute atomic E-state index is 0.242. The molecule has 11 heavy (non-hydrogen) atoms. The molecule has 0 spiro atoms. The normalized spacial score (nSPS) is 13.6. The molecule has 0 aromatic heterocycles. The van der Waals surface area contributed by atoms with Gasteiger partial charge in [-0.3, -0.25) is 0 Å². The minimum Gasteiger partial charge on any atom is -0.422 e. The van der Waals surface area contributed by atoms with Crippen molar-refractivity contribution in [2.24, 2.45) is 0 Å². The summed E-state index contributed by atoms with van der Waals surface area (Å²) in [5.74, 6) is 0. The van der Waals surface area contributed by atoms with E-state index in [-0.39, 0.29) is 19.5 Å². The third-order valence-electron chi connectivity index (χ3n) is 1.19. The van der Waals surface area contributed by atoms with Gasteiger partial charge in [0.1, 0.15) is 0 Å². The highest BCUT2D eigenvalue weighted by atomic mass is 28.3. The first-order valence-corrected chi connectivity index (χ1v) is 7.51. The van der Waals surface area contributed by atoms with Crippen LogP contribution in [0, 0.1) is 0 Å². The van der Waals surface area contributed by atoms with Gasteiger partial charge in [-0.1, -0.05) is 0 Å². The molecule has 0 aliphatic heterocycles. The van der Waals surface area contributed by atoms with Crippen molar-refractivity contribution >= 4 is 19.5 Å². The van der Waals surface area contributed by atoms with Crippen LogP contribution in [0.25, 0.3) is 0 Å². The summed E-state index contributed by atoms with van der Waals surface area (Å²) < 4.78 is 11.0. The molecule has 0 radical (unpaired) electrons. The Hall–Kier alpha value is 0.354. The summed E-state index contributed by atoms with van der Waals surface area (Å²) in [5.41, 5.74) is 1.27. The Morgan fingerprint density at radius 3 is 1.55 bits per heavy atom. The quantitative estimate of drug-likeness (QED) is 0.447. The highest BCUT2D eigenvalue weighted by Gasteiger charge is 1.96. The molecule has 0 saturated carbocycles. The Labute approximate surface area is 74.6 Å². The van der Waals surface area contributed by atoms with Gasteiger partial charge < -0.3 is 8.85 Å². The van der Waals surface area contributed by atoms with Crippen molar-refractivity contribution in [1.82, 2.24) is 0 Å². The molecule has 0 aromatic carbocycles. The van der Waals surface area contributed by atoms with Crippen molar-refractivity contribution in [3.8, 4) is 0 Å². The average Bonchev–Trinajstić information content (AvgIpc) is 1.85. The van der Waals surface area contributed by atoms with E-state index in [9.17, 15) is 0 Å². The van der Waals surface area contributed by atoms with E-state index in [1.165, 1.54) is 5.67 Å². The van der Waals surface area contributed by atoms with Crippen molar-refractivity contribution in [3.63, 3.8) is 0 Å². The zero-order valence-corrected chi connectivity index (χ0v) is 10.9. The summed E-state index contributed by atoms with van der Waals surface area (Å²) in [6.45, 7) is 8.38. The standard InChI is InChI=1S/C7H20O2Si2/c1-6(2)8-10-5-11-9-7(3)4/h6-7H,5,10-11H2,1-4H3. The van der Waals surface area contributed by atoms with Gasteiger partial charge in [0.05, 0.1) is 0 Å². The third-order valence-corrected chi connectivity index (χ3v) is 5.31. The van der Waals surface area contributed by atoms with Gasteiger partial charge in [0.2, 0.25) is 0 Å². The zero-order chi connectivity index (χ0) is 8.69. The Morgan fingerprint density at radius 2 is 1.27 bits per heavy atom. The SMILES string of the molecule is CC(C)O[SiH2]C[SiH2]OC(C)C. The second kappa shape index (κ2) is 7.03. The van der Waals surface area contributed by atoms with Gasteiger partial charge >= 0.3 is 0 Å². The molecule has 0 atom stereocenters. The van der Waals surface area contributed by atoms with Crippen LogP contribution in [0.15, 0.2) is 0 Å². The van der Waals surface area contributed by atoms with E-state index < -0.39 is 0 Å². The van der Waals surface area contributed by atoms with Crippen LogP contribution < -0.4 is 0 Å². The lowest BCUT2D eigenvalue weighted by Gasteiger charge is -2.08. The molecule has 0 aromatic rings. The van der Waals surface area contributed by atoms with Crippen LogP contribution >= 0.6 is 0 Å². The highest BCUT2D eigenvalue weighted by Crippen LogP contribution is 1.90. The van der Waals surface area contributed by atoms with Gasteiger partial charge in [-0.2, -0.15) is 0 Å². The molecule has 0 heterocycles. The summed E-state index contributed by atoms with van der Waals surface area (Å²) in [4.78, 5) is 0. The monoisotopic (exact) mass is 192 g/mol. The molecular weight excluding hydrogens is 172 g/mol. The van der Waals surface area contributed by atoms with Gasteiger partial charge in [-0.05, 0) is 33.4 Å². The molecule has 0 aliphatic carbocycles. The van der Waals surface area contributed by atoms with E-state index in [0.29, 0.717) is 12.2 Å². The second-order valence-electron chi connectivity index (χ2n) is 3.19. The lowest BCUT2D eigenvalue weighted by atomic mass is 10.5. The van der Waals surface area contributed by atoms with Gasteiger partial charge in [0.25, 0.3) is 0 Å². The molecular formula is C7H20O2Si2. The van der Waals surface area contributed by atoms with Crippen LogP contribution in [0.4, 0.5) is 0 Å². The molecule has 0 amide bonds. The van der Waals surface area contributed by atoms with Crippen LogP contribution in [0.3, 0.4) is 0 Å². The first kappa shape index (κ1) is 11.4. The first-order chi connectivity index (χ1) is 5.13. The van der Waals surface area contributed by atoms with Gasteiger partial charge in [-0.15, -0.1) is 0 Å². The fourth-order valence-corrected chi connectivity index (χ4v) is 3.44. The lowest BCUT2D eigenvalue weighted by Crippen LogP contribution is -2.13. The van der Waals surface area contributed by atoms with E-state index >= 15 is 0 Å². The largest absolute Gasteiger partial charge is 0.422 e. The van der Waals surface area contributed by atoms with Crippen molar-refractivity contribution in [3.05, 3.63) is 0 Å². The summed E-state index contributed by atoms with van der Waals surface area (Å²) in [5, 5.41) is 0. The Bertz CT molecular complexity index is 76.5. The fraction of sp³-hybridized carbons (Fsp3) is 1.00. The summed E-state index contributed by atoms with van der Waals surface area (Å²) >= 11 is 0. The van der Waals surface area contributed by atoms with E-state index in [2.05, 4.69) is 27.7 Å². The van der Waals surface area contributed by atoms with Crippen molar-refractivity contribution in [2.45, 2.75) is 45.6 Å².